The maximum Gasteiger partial charge on any atom is 0.308 e. The molecule has 0 aliphatic carbocycles. The highest BCUT2D eigenvalue weighted by atomic mass is 16.5. The van der Waals surface area contributed by atoms with E-state index in [1.54, 1.807) is 0 Å². The Labute approximate surface area is 121 Å². The number of methoxy groups -OCH3 is 1. The second-order valence-electron chi connectivity index (χ2n) is 5.37. The summed E-state index contributed by atoms with van der Waals surface area (Å²) >= 11 is 0. The molecule has 1 fully saturated rings. The molecule has 0 aromatic heterocycles. The molecule has 0 bridgehead atoms. The third kappa shape index (κ3) is 5.46. The molecule has 6 nitrogen and oxygen atoms in total. The van der Waals surface area contributed by atoms with Crippen LogP contribution in [0.25, 0.3) is 0 Å². The van der Waals surface area contributed by atoms with Gasteiger partial charge in [-0.15, -0.1) is 0 Å². The lowest BCUT2D eigenvalue weighted by molar-refractivity contribution is -0.149. The van der Waals surface area contributed by atoms with E-state index < -0.39 is 0 Å². The number of ether oxygens (including phenoxy) is 1. The Balaban J connectivity index is 2.26. The zero-order valence-electron chi connectivity index (χ0n) is 12.9. The summed E-state index contributed by atoms with van der Waals surface area (Å²) in [5.74, 6) is -0.0426. The summed E-state index contributed by atoms with van der Waals surface area (Å²) < 4.78 is 4.75. The van der Waals surface area contributed by atoms with Gasteiger partial charge in [-0.05, 0) is 46.4 Å². The molecule has 0 aromatic carbocycles. The van der Waals surface area contributed by atoms with Crippen LogP contribution < -0.4 is 5.32 Å². The van der Waals surface area contributed by atoms with Gasteiger partial charge in [0.25, 0.3) is 0 Å². The Morgan fingerprint density at radius 2 is 2.00 bits per heavy atom. The molecular formula is C14H27N3O3. The zero-order valence-corrected chi connectivity index (χ0v) is 12.9. The van der Waals surface area contributed by atoms with Crippen LogP contribution in [0.2, 0.25) is 0 Å². The van der Waals surface area contributed by atoms with Crippen LogP contribution in [-0.2, 0) is 14.3 Å². The molecule has 0 aromatic rings. The van der Waals surface area contributed by atoms with Crippen LogP contribution >= 0.6 is 0 Å². The van der Waals surface area contributed by atoms with E-state index in [0.717, 1.165) is 19.5 Å². The topological polar surface area (TPSA) is 61.9 Å². The molecule has 116 valence electrons. The van der Waals surface area contributed by atoms with Crippen LogP contribution in [0.1, 0.15) is 19.3 Å². The van der Waals surface area contributed by atoms with Gasteiger partial charge in [0.2, 0.25) is 5.91 Å². The van der Waals surface area contributed by atoms with Gasteiger partial charge in [0, 0.05) is 13.1 Å². The molecule has 0 radical (unpaired) electrons. The Hall–Kier alpha value is -1.14. The molecule has 1 heterocycles. The molecule has 1 rings (SSSR count). The molecule has 1 aliphatic rings. The van der Waals surface area contributed by atoms with Gasteiger partial charge in [0.15, 0.2) is 0 Å². The monoisotopic (exact) mass is 285 g/mol. The van der Waals surface area contributed by atoms with Crippen molar-refractivity contribution in [2.45, 2.75) is 19.3 Å². The molecule has 1 N–H and O–H groups in total. The normalized spacial score (nSPS) is 16.5. The third-order valence-corrected chi connectivity index (χ3v) is 3.75. The molecule has 1 aliphatic heterocycles. The van der Waals surface area contributed by atoms with E-state index in [1.165, 1.54) is 7.11 Å². The van der Waals surface area contributed by atoms with Gasteiger partial charge >= 0.3 is 5.97 Å². The standard InChI is InChI=1S/C14H27N3O3/c1-15-7-4-8-16(2)11-13(18)17-9-5-12(6-10-17)14(19)20-3/h12,15H,4-11H2,1-3H3. The maximum atomic E-state index is 12.1. The van der Waals surface area contributed by atoms with E-state index >= 15 is 0 Å². The van der Waals surface area contributed by atoms with Crippen LogP contribution in [0.3, 0.4) is 0 Å². The average Bonchev–Trinajstić information content (AvgIpc) is 2.46. The maximum absolute atomic E-state index is 12.1. The minimum absolute atomic E-state index is 0.0441. The van der Waals surface area contributed by atoms with Crippen LogP contribution in [0, 0.1) is 5.92 Å². The summed E-state index contributed by atoms with van der Waals surface area (Å²) in [6, 6.07) is 0. The number of nitrogens with one attached hydrogen (secondary N) is 1. The van der Waals surface area contributed by atoms with Crippen molar-refractivity contribution in [2.24, 2.45) is 5.92 Å². The number of hydrogen-bond acceptors (Lipinski definition) is 5. The number of carbonyl (C=O) groups excluding carboxylic acids is 2. The molecule has 0 spiro atoms. The Kier molecular flexibility index (Phi) is 7.54. The van der Waals surface area contributed by atoms with E-state index in [-0.39, 0.29) is 17.8 Å². The molecule has 0 saturated carbocycles. The van der Waals surface area contributed by atoms with E-state index in [4.69, 9.17) is 4.74 Å². The molecule has 0 unspecified atom stereocenters. The smallest absolute Gasteiger partial charge is 0.308 e. The Bertz CT molecular complexity index is 315. The highest BCUT2D eigenvalue weighted by Crippen LogP contribution is 2.18. The van der Waals surface area contributed by atoms with Crippen molar-refractivity contribution in [2.75, 3.05) is 53.9 Å². The van der Waals surface area contributed by atoms with Crippen molar-refractivity contribution in [1.82, 2.24) is 15.1 Å². The van der Waals surface area contributed by atoms with Gasteiger partial charge in [-0.25, -0.2) is 0 Å². The number of nitrogens with zero attached hydrogens (tertiary/aromatic N) is 2. The summed E-state index contributed by atoms with van der Waals surface area (Å²) in [6.45, 7) is 3.63. The summed E-state index contributed by atoms with van der Waals surface area (Å²) in [7, 11) is 5.31. The van der Waals surface area contributed by atoms with E-state index in [1.807, 2.05) is 23.9 Å². The molecule has 1 amide bonds. The predicted molar refractivity (Wildman–Crippen MR) is 77.4 cm³/mol. The van der Waals surface area contributed by atoms with Crippen molar-refractivity contribution in [3.05, 3.63) is 0 Å². The first kappa shape index (κ1) is 16.9. The fourth-order valence-electron chi connectivity index (χ4n) is 2.47. The number of likely N-dealkylation sites (N-methyl/N-ethyl adjacent to an activating group) is 1. The Morgan fingerprint density at radius 3 is 2.55 bits per heavy atom. The quantitative estimate of drug-likeness (QED) is 0.524. The van der Waals surface area contributed by atoms with E-state index in [0.29, 0.717) is 32.5 Å². The van der Waals surface area contributed by atoms with Crippen molar-refractivity contribution >= 4 is 11.9 Å². The fraction of sp³-hybridized carbons (Fsp3) is 0.857. The largest absolute Gasteiger partial charge is 0.469 e. The van der Waals surface area contributed by atoms with Gasteiger partial charge in [-0.2, -0.15) is 0 Å². The van der Waals surface area contributed by atoms with Crippen molar-refractivity contribution in [3.8, 4) is 0 Å². The van der Waals surface area contributed by atoms with Gasteiger partial charge in [0.05, 0.1) is 19.6 Å². The highest BCUT2D eigenvalue weighted by molar-refractivity contribution is 5.79. The van der Waals surface area contributed by atoms with Crippen molar-refractivity contribution in [1.29, 1.82) is 0 Å². The number of amides is 1. The minimum Gasteiger partial charge on any atom is -0.469 e. The number of rotatable bonds is 7. The molecule has 0 atom stereocenters. The second-order valence-corrected chi connectivity index (χ2v) is 5.37. The fourth-order valence-corrected chi connectivity index (χ4v) is 2.47. The molecular weight excluding hydrogens is 258 g/mol. The number of esters is 1. The van der Waals surface area contributed by atoms with Crippen LogP contribution in [-0.4, -0.2) is 75.6 Å². The lowest BCUT2D eigenvalue weighted by Crippen LogP contribution is -2.44. The SMILES string of the molecule is CNCCCN(C)CC(=O)N1CCC(C(=O)OC)CC1. The van der Waals surface area contributed by atoms with Gasteiger partial charge in [-0.3, -0.25) is 14.5 Å². The molecule has 6 heteroatoms. The summed E-state index contributed by atoms with van der Waals surface area (Å²) in [4.78, 5) is 27.5. The summed E-state index contributed by atoms with van der Waals surface area (Å²) in [6.07, 6.45) is 2.45. The first-order chi connectivity index (χ1) is 9.58. The number of piperidine rings is 1. The van der Waals surface area contributed by atoms with Crippen LogP contribution in [0.5, 0.6) is 0 Å². The highest BCUT2D eigenvalue weighted by Gasteiger charge is 2.27. The number of hydrogen-bond donors (Lipinski definition) is 1. The van der Waals surface area contributed by atoms with Crippen LogP contribution in [0.15, 0.2) is 0 Å². The van der Waals surface area contributed by atoms with Gasteiger partial charge < -0.3 is 15.0 Å². The number of likely N-dealkylation sites (tertiary alicyclic amines) is 1. The van der Waals surface area contributed by atoms with Gasteiger partial charge in [0.1, 0.15) is 0 Å². The average molecular weight is 285 g/mol. The van der Waals surface area contributed by atoms with Crippen molar-refractivity contribution in [3.63, 3.8) is 0 Å². The first-order valence-electron chi connectivity index (χ1n) is 7.27. The van der Waals surface area contributed by atoms with Crippen molar-refractivity contribution < 1.29 is 14.3 Å². The first-order valence-corrected chi connectivity index (χ1v) is 7.27. The van der Waals surface area contributed by atoms with E-state index in [9.17, 15) is 9.59 Å². The predicted octanol–water partition coefficient (Wildman–Crippen LogP) is -0.0607. The minimum atomic E-state index is -0.152. The lowest BCUT2D eigenvalue weighted by atomic mass is 9.97. The zero-order chi connectivity index (χ0) is 15.0. The summed E-state index contributed by atoms with van der Waals surface area (Å²) in [5, 5.41) is 3.09. The molecule has 20 heavy (non-hydrogen) atoms. The lowest BCUT2D eigenvalue weighted by Gasteiger charge is -2.32. The number of carbonyl (C=O) groups is 2. The third-order valence-electron chi connectivity index (χ3n) is 3.75. The van der Waals surface area contributed by atoms with E-state index in [2.05, 4.69) is 5.32 Å². The van der Waals surface area contributed by atoms with Gasteiger partial charge in [-0.1, -0.05) is 0 Å². The Morgan fingerprint density at radius 1 is 1.35 bits per heavy atom. The molecule has 1 saturated heterocycles. The summed E-state index contributed by atoms with van der Waals surface area (Å²) in [5.41, 5.74) is 0. The second kappa shape index (κ2) is 8.92. The van der Waals surface area contributed by atoms with Crippen LogP contribution in [0.4, 0.5) is 0 Å².